The summed E-state index contributed by atoms with van der Waals surface area (Å²) in [7, 11) is 3.90. The monoisotopic (exact) mass is 433 g/mol. The van der Waals surface area contributed by atoms with Gasteiger partial charge in [0.1, 0.15) is 5.69 Å². The molecule has 32 heavy (non-hydrogen) atoms. The van der Waals surface area contributed by atoms with Crippen LogP contribution in [0.5, 0.6) is 0 Å². The first kappa shape index (κ1) is 22.7. The third-order valence-electron chi connectivity index (χ3n) is 4.66. The maximum absolute atomic E-state index is 12.8. The van der Waals surface area contributed by atoms with Crippen molar-refractivity contribution in [3.8, 4) is 0 Å². The van der Waals surface area contributed by atoms with Crippen LogP contribution in [0.15, 0.2) is 67.1 Å². The van der Waals surface area contributed by atoms with Gasteiger partial charge in [-0.25, -0.2) is 4.79 Å². The second-order valence-electron chi connectivity index (χ2n) is 7.49. The molecular weight excluding hydrogens is 406 g/mol. The number of likely N-dealkylation sites (N-methyl/N-ethyl adjacent to an activating group) is 1. The second kappa shape index (κ2) is 10.9. The van der Waals surface area contributed by atoms with Crippen molar-refractivity contribution in [1.82, 2.24) is 19.8 Å². The number of hydrogen-bond donors (Lipinski definition) is 3. The average molecular weight is 434 g/mol. The van der Waals surface area contributed by atoms with Crippen molar-refractivity contribution in [2.45, 2.75) is 6.54 Å². The largest absolute Gasteiger partial charge is 0.397 e. The summed E-state index contributed by atoms with van der Waals surface area (Å²) in [6.07, 6.45) is 4.84. The number of nitrogens with zero attached hydrogens (tertiary/aromatic N) is 4. The van der Waals surface area contributed by atoms with Gasteiger partial charge in [-0.05, 0) is 50.0 Å². The van der Waals surface area contributed by atoms with E-state index in [-0.39, 0.29) is 17.6 Å². The molecule has 166 valence electrons. The first-order valence-electron chi connectivity index (χ1n) is 10.1. The summed E-state index contributed by atoms with van der Waals surface area (Å²) in [5, 5.41) is 5.61. The highest BCUT2D eigenvalue weighted by Crippen LogP contribution is 2.17. The molecule has 3 amide bonds. The van der Waals surface area contributed by atoms with E-state index in [0.29, 0.717) is 36.7 Å². The van der Waals surface area contributed by atoms with E-state index < -0.39 is 0 Å². The lowest BCUT2D eigenvalue weighted by Gasteiger charge is -2.24. The Balaban J connectivity index is 1.67. The summed E-state index contributed by atoms with van der Waals surface area (Å²) in [4.78, 5) is 37.3. The third-order valence-corrected chi connectivity index (χ3v) is 4.66. The van der Waals surface area contributed by atoms with Crippen LogP contribution in [0.1, 0.15) is 16.1 Å². The highest BCUT2D eigenvalue weighted by molar-refractivity contribution is 6.04. The number of aromatic nitrogens is 2. The number of pyridine rings is 2. The van der Waals surface area contributed by atoms with E-state index in [0.717, 1.165) is 5.56 Å². The Morgan fingerprint density at radius 3 is 2.44 bits per heavy atom. The number of carbonyl (C=O) groups is 2. The van der Waals surface area contributed by atoms with Crippen molar-refractivity contribution in [3.05, 3.63) is 78.4 Å². The van der Waals surface area contributed by atoms with Crippen LogP contribution in [-0.4, -0.2) is 58.9 Å². The zero-order valence-electron chi connectivity index (χ0n) is 18.2. The van der Waals surface area contributed by atoms with Gasteiger partial charge in [0.2, 0.25) is 0 Å². The number of benzene rings is 1. The van der Waals surface area contributed by atoms with E-state index in [2.05, 4.69) is 20.6 Å². The van der Waals surface area contributed by atoms with Crippen LogP contribution in [0.2, 0.25) is 0 Å². The smallest absolute Gasteiger partial charge is 0.322 e. The number of para-hydroxylation sites is 2. The Morgan fingerprint density at radius 1 is 0.969 bits per heavy atom. The topological polar surface area (TPSA) is 116 Å². The van der Waals surface area contributed by atoms with Gasteiger partial charge < -0.3 is 26.2 Å². The number of hydrogen-bond acceptors (Lipinski definition) is 6. The Bertz CT molecular complexity index is 1040. The van der Waals surface area contributed by atoms with Crippen LogP contribution in [0.3, 0.4) is 0 Å². The van der Waals surface area contributed by atoms with Crippen LogP contribution in [-0.2, 0) is 6.54 Å². The number of anilines is 3. The fourth-order valence-electron chi connectivity index (χ4n) is 2.88. The summed E-state index contributed by atoms with van der Waals surface area (Å²) in [6, 6.07) is 13.8. The number of carbonyl (C=O) groups excluding carboxylic acids is 2. The van der Waals surface area contributed by atoms with Crippen molar-refractivity contribution < 1.29 is 9.59 Å². The van der Waals surface area contributed by atoms with E-state index in [1.807, 2.05) is 19.0 Å². The van der Waals surface area contributed by atoms with Crippen LogP contribution >= 0.6 is 0 Å². The van der Waals surface area contributed by atoms with E-state index in [9.17, 15) is 9.59 Å². The minimum Gasteiger partial charge on any atom is -0.397 e. The summed E-state index contributed by atoms with van der Waals surface area (Å²) < 4.78 is 0. The van der Waals surface area contributed by atoms with Crippen LogP contribution in [0, 0.1) is 0 Å². The maximum atomic E-state index is 12.8. The lowest BCUT2D eigenvalue weighted by Crippen LogP contribution is -2.39. The Morgan fingerprint density at radius 2 is 1.78 bits per heavy atom. The first-order chi connectivity index (χ1) is 15.4. The Kier molecular flexibility index (Phi) is 7.71. The van der Waals surface area contributed by atoms with Gasteiger partial charge in [0, 0.05) is 32.0 Å². The van der Waals surface area contributed by atoms with Gasteiger partial charge in [-0.1, -0.05) is 18.2 Å². The summed E-state index contributed by atoms with van der Waals surface area (Å²) in [5.41, 5.74) is 8.58. The van der Waals surface area contributed by atoms with Gasteiger partial charge in [-0.3, -0.25) is 14.8 Å². The molecule has 2 aromatic heterocycles. The van der Waals surface area contributed by atoms with E-state index in [4.69, 9.17) is 5.73 Å². The molecule has 0 unspecified atom stereocenters. The molecule has 0 bridgehead atoms. The van der Waals surface area contributed by atoms with Crippen molar-refractivity contribution in [2.75, 3.05) is 43.6 Å². The minimum atomic E-state index is -0.353. The van der Waals surface area contributed by atoms with E-state index in [1.165, 1.54) is 0 Å². The number of nitrogens with one attached hydrogen (secondary N) is 2. The molecule has 1 aromatic carbocycles. The van der Waals surface area contributed by atoms with Gasteiger partial charge >= 0.3 is 6.03 Å². The van der Waals surface area contributed by atoms with Gasteiger partial charge in [-0.15, -0.1) is 0 Å². The zero-order valence-corrected chi connectivity index (χ0v) is 18.2. The maximum Gasteiger partial charge on any atom is 0.322 e. The molecule has 3 rings (SSSR count). The van der Waals surface area contributed by atoms with E-state index >= 15 is 0 Å². The fourth-order valence-corrected chi connectivity index (χ4v) is 2.88. The number of nitrogens with two attached hydrogens (primary N) is 1. The molecule has 0 radical (unpaired) electrons. The predicted octanol–water partition coefficient (Wildman–Crippen LogP) is 2.91. The summed E-state index contributed by atoms with van der Waals surface area (Å²) >= 11 is 0. The number of urea groups is 1. The van der Waals surface area contributed by atoms with Crippen molar-refractivity contribution in [3.63, 3.8) is 0 Å². The first-order valence-corrected chi connectivity index (χ1v) is 10.1. The molecule has 0 aliphatic carbocycles. The Labute approximate surface area is 187 Å². The molecular formula is C23H27N7O2. The highest BCUT2D eigenvalue weighted by atomic mass is 16.2. The van der Waals surface area contributed by atoms with Crippen molar-refractivity contribution in [2.24, 2.45) is 0 Å². The molecule has 0 fully saturated rings. The van der Waals surface area contributed by atoms with Crippen LogP contribution in [0.25, 0.3) is 0 Å². The van der Waals surface area contributed by atoms with Crippen LogP contribution in [0.4, 0.5) is 21.9 Å². The third kappa shape index (κ3) is 6.51. The van der Waals surface area contributed by atoms with Crippen LogP contribution < -0.4 is 16.4 Å². The lowest BCUT2D eigenvalue weighted by molar-refractivity contribution is 0.102. The average Bonchev–Trinajstić information content (AvgIpc) is 2.79. The molecule has 4 N–H and O–H groups in total. The molecule has 0 atom stereocenters. The zero-order chi connectivity index (χ0) is 22.9. The molecule has 0 saturated carbocycles. The number of rotatable bonds is 8. The normalized spacial score (nSPS) is 10.6. The standard InChI is InChI=1S/C23H27N7O2/c1-29(2)12-13-30(23(32)27-18-6-5-11-25-15-18)16-17-9-10-21(26-14-17)22(31)28-20-8-4-3-7-19(20)24/h3-11,14-15H,12-13,16,24H2,1-2H3,(H,27,32)(H,28,31). The number of nitrogen functional groups attached to an aromatic ring is 1. The molecule has 0 saturated heterocycles. The van der Waals surface area contributed by atoms with Gasteiger partial charge in [-0.2, -0.15) is 0 Å². The minimum absolute atomic E-state index is 0.235. The molecule has 3 aromatic rings. The fraction of sp³-hybridized carbons (Fsp3) is 0.217. The lowest BCUT2D eigenvalue weighted by atomic mass is 10.2. The molecule has 2 heterocycles. The molecule has 9 heteroatoms. The van der Waals surface area contributed by atoms with Gasteiger partial charge in [0.25, 0.3) is 5.91 Å². The van der Waals surface area contributed by atoms with Gasteiger partial charge in [0.15, 0.2) is 0 Å². The molecule has 0 aliphatic heterocycles. The summed E-state index contributed by atoms with van der Waals surface area (Å²) in [5.74, 6) is -0.353. The predicted molar refractivity (Wildman–Crippen MR) is 125 cm³/mol. The van der Waals surface area contributed by atoms with E-state index in [1.54, 1.807) is 72.0 Å². The molecule has 0 aliphatic rings. The Hall–Kier alpha value is -3.98. The van der Waals surface area contributed by atoms with Gasteiger partial charge in [0.05, 0.1) is 23.3 Å². The van der Waals surface area contributed by atoms with Crippen molar-refractivity contribution in [1.29, 1.82) is 0 Å². The quantitative estimate of drug-likeness (QED) is 0.470. The highest BCUT2D eigenvalue weighted by Gasteiger charge is 2.16. The number of amides is 3. The SMILES string of the molecule is CN(C)CCN(Cc1ccc(C(=O)Nc2ccccc2N)nc1)C(=O)Nc1cccnc1. The van der Waals surface area contributed by atoms with Crippen molar-refractivity contribution >= 4 is 29.0 Å². The second-order valence-corrected chi connectivity index (χ2v) is 7.49. The molecule has 0 spiro atoms. The molecule has 9 nitrogen and oxygen atoms in total. The summed E-state index contributed by atoms with van der Waals surface area (Å²) in [6.45, 7) is 1.57.